The number of amides is 1. The molecule has 3 aliphatic rings. The second kappa shape index (κ2) is 10.00. The van der Waals surface area contributed by atoms with E-state index in [1.807, 2.05) is 11.0 Å². The highest BCUT2D eigenvalue weighted by Crippen LogP contribution is 2.46. The third-order valence-electron chi connectivity index (χ3n) is 6.58. The minimum Gasteiger partial charge on any atom is -0.493 e. The van der Waals surface area contributed by atoms with Gasteiger partial charge in [0, 0.05) is 37.8 Å². The van der Waals surface area contributed by atoms with Crippen molar-refractivity contribution in [1.82, 2.24) is 9.80 Å². The fourth-order valence-corrected chi connectivity index (χ4v) is 5.07. The second-order valence-electron chi connectivity index (χ2n) is 8.25. The van der Waals surface area contributed by atoms with Crippen molar-refractivity contribution in [2.45, 2.75) is 31.7 Å². The molecule has 0 spiro atoms. The van der Waals surface area contributed by atoms with Gasteiger partial charge in [-0.2, -0.15) is 0 Å². The van der Waals surface area contributed by atoms with E-state index in [1.165, 1.54) is 25.7 Å². The maximum atomic E-state index is 12.8. The van der Waals surface area contributed by atoms with Gasteiger partial charge in [-0.1, -0.05) is 6.42 Å². The summed E-state index contributed by atoms with van der Waals surface area (Å²) >= 11 is 0. The lowest BCUT2D eigenvalue weighted by atomic mass is 9.93. The predicted octanol–water partition coefficient (Wildman–Crippen LogP) is 1.81. The normalized spacial score (nSPS) is 24.8. The fourth-order valence-electron chi connectivity index (χ4n) is 5.07. The van der Waals surface area contributed by atoms with E-state index >= 15 is 0 Å². The summed E-state index contributed by atoms with van der Waals surface area (Å²) in [5.74, 6) is -0.410. The van der Waals surface area contributed by atoms with Crippen molar-refractivity contribution in [1.29, 1.82) is 0 Å². The highest BCUT2D eigenvalue weighted by atomic mass is 16.5. The lowest BCUT2D eigenvalue weighted by Gasteiger charge is -2.41. The van der Waals surface area contributed by atoms with Crippen LogP contribution in [0.4, 0.5) is 0 Å². The Morgan fingerprint density at radius 2 is 1.55 bits per heavy atom. The molecule has 0 aromatic heterocycles. The molecule has 1 aromatic carbocycles. The standard InChI is InChI=1S/C20H28N2O3.C2H2O4/c1-24-18-6-5-16(13-19(18)25-2)20(23)22-9-7-21(8-10-22)17-12-14-3-4-15(17)11-14;3-1(4)2(5)6/h5-6,13-15,17H,3-4,7-12H2,1-2H3;(H,3,4)(H,5,6). The summed E-state index contributed by atoms with van der Waals surface area (Å²) in [7, 11) is 3.20. The Balaban J connectivity index is 0.000000401. The summed E-state index contributed by atoms with van der Waals surface area (Å²) in [4.78, 5) is 35.7. The molecule has 1 saturated heterocycles. The van der Waals surface area contributed by atoms with Gasteiger partial charge in [0.25, 0.3) is 5.91 Å². The molecule has 2 bridgehead atoms. The van der Waals surface area contributed by atoms with Crippen LogP contribution in [0.15, 0.2) is 18.2 Å². The second-order valence-corrected chi connectivity index (χ2v) is 8.25. The number of benzene rings is 1. The van der Waals surface area contributed by atoms with E-state index in [1.54, 1.807) is 26.4 Å². The van der Waals surface area contributed by atoms with Crippen molar-refractivity contribution < 1.29 is 34.1 Å². The van der Waals surface area contributed by atoms with E-state index in [9.17, 15) is 4.79 Å². The number of methoxy groups -OCH3 is 2. The van der Waals surface area contributed by atoms with E-state index in [4.69, 9.17) is 29.3 Å². The van der Waals surface area contributed by atoms with E-state index in [0.29, 0.717) is 17.1 Å². The van der Waals surface area contributed by atoms with Crippen molar-refractivity contribution >= 4 is 17.8 Å². The Labute approximate surface area is 181 Å². The monoisotopic (exact) mass is 434 g/mol. The third kappa shape index (κ3) is 5.28. The zero-order valence-electron chi connectivity index (χ0n) is 18.0. The zero-order chi connectivity index (χ0) is 22.5. The maximum Gasteiger partial charge on any atom is 0.414 e. The Morgan fingerprint density at radius 1 is 0.903 bits per heavy atom. The van der Waals surface area contributed by atoms with Gasteiger partial charge in [-0.25, -0.2) is 9.59 Å². The van der Waals surface area contributed by atoms with Crippen molar-refractivity contribution in [3.05, 3.63) is 23.8 Å². The number of carbonyl (C=O) groups excluding carboxylic acids is 1. The van der Waals surface area contributed by atoms with Crippen LogP contribution in [0.1, 0.15) is 36.0 Å². The van der Waals surface area contributed by atoms with Crippen LogP contribution < -0.4 is 9.47 Å². The van der Waals surface area contributed by atoms with E-state index in [2.05, 4.69) is 4.90 Å². The molecule has 2 aliphatic carbocycles. The molecule has 2 saturated carbocycles. The highest BCUT2D eigenvalue weighted by molar-refractivity contribution is 6.27. The minimum atomic E-state index is -1.82. The molecule has 9 nitrogen and oxygen atoms in total. The summed E-state index contributed by atoms with van der Waals surface area (Å²) in [5, 5.41) is 14.8. The minimum absolute atomic E-state index is 0.0912. The van der Waals surface area contributed by atoms with Gasteiger partial charge in [-0.05, 0) is 49.3 Å². The van der Waals surface area contributed by atoms with Crippen LogP contribution in [0.3, 0.4) is 0 Å². The molecule has 1 amide bonds. The van der Waals surface area contributed by atoms with Crippen molar-refractivity contribution in [2.24, 2.45) is 11.8 Å². The highest BCUT2D eigenvalue weighted by Gasteiger charge is 2.43. The first-order valence-electron chi connectivity index (χ1n) is 10.6. The molecule has 4 rings (SSSR count). The van der Waals surface area contributed by atoms with Crippen LogP contribution in [0.2, 0.25) is 0 Å². The first kappa shape index (κ1) is 22.9. The predicted molar refractivity (Wildman–Crippen MR) is 112 cm³/mol. The number of carboxylic acids is 2. The van der Waals surface area contributed by atoms with E-state index in [-0.39, 0.29) is 5.91 Å². The van der Waals surface area contributed by atoms with Crippen LogP contribution in [0.5, 0.6) is 11.5 Å². The van der Waals surface area contributed by atoms with Crippen molar-refractivity contribution in [3.8, 4) is 11.5 Å². The maximum absolute atomic E-state index is 12.8. The number of aliphatic carboxylic acids is 2. The summed E-state index contributed by atoms with van der Waals surface area (Å²) in [6.45, 7) is 3.65. The van der Waals surface area contributed by atoms with Crippen LogP contribution in [0.25, 0.3) is 0 Å². The molecule has 1 aromatic rings. The number of nitrogens with zero attached hydrogens (tertiary/aromatic N) is 2. The van der Waals surface area contributed by atoms with Gasteiger partial charge in [0.1, 0.15) is 0 Å². The largest absolute Gasteiger partial charge is 0.493 e. The molecule has 9 heteroatoms. The van der Waals surface area contributed by atoms with Gasteiger partial charge in [0.15, 0.2) is 11.5 Å². The topological polar surface area (TPSA) is 117 Å². The fraction of sp³-hybridized carbons (Fsp3) is 0.591. The van der Waals surface area contributed by atoms with Gasteiger partial charge in [-0.15, -0.1) is 0 Å². The van der Waals surface area contributed by atoms with Gasteiger partial charge >= 0.3 is 11.9 Å². The van der Waals surface area contributed by atoms with Crippen LogP contribution in [0, 0.1) is 11.8 Å². The first-order valence-corrected chi connectivity index (χ1v) is 10.6. The summed E-state index contributed by atoms with van der Waals surface area (Å²) < 4.78 is 10.6. The van der Waals surface area contributed by atoms with Gasteiger partial charge in [0.05, 0.1) is 14.2 Å². The molecule has 2 N–H and O–H groups in total. The van der Waals surface area contributed by atoms with Gasteiger partial charge in [0.2, 0.25) is 0 Å². The number of carboxylic acid groups (broad SMARTS) is 2. The Kier molecular flexibility index (Phi) is 7.37. The number of fused-ring (bicyclic) bond motifs is 2. The van der Waals surface area contributed by atoms with Crippen molar-refractivity contribution in [3.63, 3.8) is 0 Å². The van der Waals surface area contributed by atoms with Gasteiger partial charge in [-0.3, -0.25) is 9.69 Å². The Morgan fingerprint density at radius 3 is 2.03 bits per heavy atom. The smallest absolute Gasteiger partial charge is 0.414 e. The summed E-state index contributed by atoms with van der Waals surface area (Å²) in [6, 6.07) is 6.18. The Hall–Kier alpha value is -2.81. The van der Waals surface area contributed by atoms with E-state index < -0.39 is 11.9 Å². The molecule has 31 heavy (non-hydrogen) atoms. The molecule has 3 unspecified atom stereocenters. The number of carbonyl (C=O) groups is 3. The molecule has 3 fully saturated rings. The molecule has 1 heterocycles. The summed E-state index contributed by atoms with van der Waals surface area (Å²) in [5.41, 5.74) is 0.672. The number of rotatable bonds is 4. The van der Waals surface area contributed by atoms with Crippen molar-refractivity contribution in [2.75, 3.05) is 40.4 Å². The molecule has 1 aliphatic heterocycles. The average Bonchev–Trinajstić information content (AvgIpc) is 3.42. The molecular weight excluding hydrogens is 404 g/mol. The van der Waals surface area contributed by atoms with Crippen LogP contribution in [-0.2, 0) is 9.59 Å². The molecular formula is C22H30N2O7. The quantitative estimate of drug-likeness (QED) is 0.689. The number of hydrogen-bond donors (Lipinski definition) is 2. The zero-order valence-corrected chi connectivity index (χ0v) is 18.0. The van der Waals surface area contributed by atoms with Crippen LogP contribution in [-0.4, -0.2) is 84.3 Å². The number of hydrogen-bond acceptors (Lipinski definition) is 6. The lowest BCUT2D eigenvalue weighted by molar-refractivity contribution is -0.159. The number of piperazine rings is 1. The lowest BCUT2D eigenvalue weighted by Crippen LogP contribution is -2.53. The third-order valence-corrected chi connectivity index (χ3v) is 6.58. The van der Waals surface area contributed by atoms with Crippen LogP contribution >= 0.6 is 0 Å². The summed E-state index contributed by atoms with van der Waals surface area (Å²) in [6.07, 6.45) is 5.68. The first-order chi connectivity index (χ1) is 14.8. The SMILES string of the molecule is COc1ccc(C(=O)N2CCN(C3CC4CCC3C4)CC2)cc1OC.O=C(O)C(=O)O. The van der Waals surface area contributed by atoms with E-state index in [0.717, 1.165) is 44.1 Å². The Bertz CT molecular complexity index is 808. The molecule has 3 atom stereocenters. The average molecular weight is 434 g/mol. The number of ether oxygens (including phenoxy) is 2. The van der Waals surface area contributed by atoms with Gasteiger partial charge < -0.3 is 24.6 Å². The molecule has 170 valence electrons. The molecule has 0 radical (unpaired) electrons.